The Morgan fingerprint density at radius 3 is 2.78 bits per heavy atom. The molecule has 0 aliphatic carbocycles. The summed E-state index contributed by atoms with van der Waals surface area (Å²) in [5, 5.41) is 6.70. The molecule has 0 bridgehead atoms. The summed E-state index contributed by atoms with van der Waals surface area (Å²) in [6.07, 6.45) is 1.56. The largest absolute Gasteiger partial charge is 0.444 e. The van der Waals surface area contributed by atoms with Gasteiger partial charge in [-0.1, -0.05) is 17.7 Å². The third-order valence-corrected chi connectivity index (χ3v) is 4.20. The normalized spacial score (nSPS) is 11.5. The smallest absolute Gasteiger partial charge is 0.413 e. The van der Waals surface area contributed by atoms with Crippen LogP contribution in [0.15, 0.2) is 24.4 Å². The van der Waals surface area contributed by atoms with Gasteiger partial charge >= 0.3 is 6.09 Å². The number of halogens is 4. The molecule has 27 heavy (non-hydrogen) atoms. The Morgan fingerprint density at radius 1 is 1.33 bits per heavy atom. The van der Waals surface area contributed by atoms with Crippen LogP contribution in [0.25, 0.3) is 0 Å². The summed E-state index contributed by atoms with van der Waals surface area (Å²) in [5.74, 6) is -2.94. The summed E-state index contributed by atoms with van der Waals surface area (Å²) in [6.45, 7) is 2.62. The summed E-state index contributed by atoms with van der Waals surface area (Å²) in [7, 11) is 0. The maximum Gasteiger partial charge on any atom is 0.413 e. The van der Waals surface area contributed by atoms with E-state index >= 15 is 0 Å². The summed E-state index contributed by atoms with van der Waals surface area (Å²) in [6, 6.07) is 4.62. The van der Waals surface area contributed by atoms with Gasteiger partial charge in [0.2, 0.25) is 5.92 Å². The zero-order chi connectivity index (χ0) is 20.0. The Balaban J connectivity index is 1.80. The average molecular weight is 404 g/mol. The summed E-state index contributed by atoms with van der Waals surface area (Å²) < 4.78 is 46.0. The van der Waals surface area contributed by atoms with Crippen molar-refractivity contribution in [2.45, 2.75) is 52.2 Å². The first-order valence-corrected chi connectivity index (χ1v) is 8.82. The van der Waals surface area contributed by atoms with E-state index in [4.69, 9.17) is 16.3 Å². The predicted octanol–water partition coefficient (Wildman–Crippen LogP) is 5.56. The second-order valence-electron chi connectivity index (χ2n) is 6.35. The van der Waals surface area contributed by atoms with Crippen molar-refractivity contribution in [2.75, 3.05) is 5.32 Å². The highest BCUT2D eigenvalue weighted by Crippen LogP contribution is 2.23. The van der Waals surface area contributed by atoms with E-state index in [2.05, 4.69) is 10.4 Å². The predicted molar refractivity (Wildman–Crippen MR) is 96.7 cm³/mol. The number of alkyl halides is 2. The van der Waals surface area contributed by atoms with Gasteiger partial charge in [-0.05, 0) is 38.3 Å². The van der Waals surface area contributed by atoms with E-state index < -0.39 is 17.8 Å². The Labute approximate surface area is 160 Å². The molecule has 2 aromatic rings. The maximum atomic E-state index is 14.0. The number of amides is 1. The molecule has 9 heteroatoms. The van der Waals surface area contributed by atoms with E-state index in [1.807, 2.05) is 0 Å². The molecular formula is C18H21ClF3N3O2. The number of hydrogen-bond donors (Lipinski definition) is 1. The number of aryl methyl sites for hydroxylation is 2. The fourth-order valence-electron chi connectivity index (χ4n) is 2.39. The molecule has 0 saturated carbocycles. The van der Waals surface area contributed by atoms with Gasteiger partial charge in [0.05, 0.1) is 5.02 Å². The van der Waals surface area contributed by atoms with Crippen molar-refractivity contribution >= 4 is 23.5 Å². The first-order chi connectivity index (χ1) is 12.7. The van der Waals surface area contributed by atoms with E-state index in [9.17, 15) is 18.0 Å². The van der Waals surface area contributed by atoms with Crippen LogP contribution in [0.1, 0.15) is 37.3 Å². The molecule has 0 aliphatic heterocycles. The number of nitrogens with one attached hydrogen (secondary N) is 1. The van der Waals surface area contributed by atoms with Gasteiger partial charge in [0, 0.05) is 30.8 Å². The molecule has 0 spiro atoms. The minimum atomic E-state index is -2.67. The first-order valence-electron chi connectivity index (χ1n) is 8.44. The number of nitrogens with zero attached hydrogens (tertiary/aromatic N) is 2. The number of carbonyl (C=O) groups is 1. The van der Waals surface area contributed by atoms with Crippen molar-refractivity contribution < 1.29 is 22.7 Å². The van der Waals surface area contributed by atoms with Crippen molar-refractivity contribution in [3.8, 4) is 0 Å². The van der Waals surface area contributed by atoms with Crippen LogP contribution < -0.4 is 5.32 Å². The van der Waals surface area contributed by atoms with Crippen molar-refractivity contribution in [3.63, 3.8) is 0 Å². The molecule has 148 valence electrons. The Bertz CT molecular complexity index is 791. The fourth-order valence-corrected chi connectivity index (χ4v) is 2.59. The molecule has 1 amide bonds. The molecule has 0 atom stereocenters. The SMILES string of the molecule is Cc1ccc(Cl)c(COC(=O)Nc2ccn(CCCCC(C)(F)F)n2)c1F. The second kappa shape index (κ2) is 9.12. The van der Waals surface area contributed by atoms with Crippen LogP contribution in [-0.4, -0.2) is 21.8 Å². The van der Waals surface area contributed by atoms with E-state index in [1.165, 1.54) is 12.1 Å². The number of carbonyl (C=O) groups excluding carboxylic acids is 1. The average Bonchev–Trinajstić information content (AvgIpc) is 3.01. The highest BCUT2D eigenvalue weighted by molar-refractivity contribution is 6.31. The van der Waals surface area contributed by atoms with Gasteiger partial charge in [0.15, 0.2) is 5.82 Å². The van der Waals surface area contributed by atoms with Gasteiger partial charge in [-0.25, -0.2) is 18.0 Å². The monoisotopic (exact) mass is 403 g/mol. The molecule has 5 nitrogen and oxygen atoms in total. The first kappa shape index (κ1) is 21.1. The van der Waals surface area contributed by atoms with E-state index in [1.54, 1.807) is 23.9 Å². The van der Waals surface area contributed by atoms with Gasteiger partial charge < -0.3 is 4.74 Å². The van der Waals surface area contributed by atoms with Gasteiger partial charge in [0.1, 0.15) is 12.4 Å². The maximum absolute atomic E-state index is 14.0. The molecule has 1 aromatic heterocycles. The van der Waals surface area contributed by atoms with Crippen molar-refractivity contribution in [3.05, 3.63) is 46.4 Å². The van der Waals surface area contributed by atoms with Crippen LogP contribution in [0.5, 0.6) is 0 Å². The summed E-state index contributed by atoms with van der Waals surface area (Å²) in [5.41, 5.74) is 0.503. The topological polar surface area (TPSA) is 56.1 Å². The molecule has 0 radical (unpaired) electrons. The minimum absolute atomic E-state index is 0.102. The highest BCUT2D eigenvalue weighted by Gasteiger charge is 2.19. The molecule has 0 aliphatic rings. The number of unbranched alkanes of at least 4 members (excludes halogenated alkanes) is 1. The van der Waals surface area contributed by atoms with Gasteiger partial charge in [0.25, 0.3) is 0 Å². The summed E-state index contributed by atoms with van der Waals surface area (Å²) in [4.78, 5) is 11.8. The number of rotatable bonds is 8. The Hall–Kier alpha value is -2.22. The van der Waals surface area contributed by atoms with Crippen LogP contribution in [0.4, 0.5) is 23.8 Å². The number of hydrogen-bond acceptors (Lipinski definition) is 3. The Kier molecular flexibility index (Phi) is 7.12. The lowest BCUT2D eigenvalue weighted by atomic mass is 10.1. The van der Waals surface area contributed by atoms with Crippen molar-refractivity contribution in [1.82, 2.24) is 9.78 Å². The van der Waals surface area contributed by atoms with Crippen LogP contribution in [0, 0.1) is 12.7 Å². The number of benzene rings is 1. The van der Waals surface area contributed by atoms with Gasteiger partial charge in [-0.15, -0.1) is 0 Å². The van der Waals surface area contributed by atoms with Crippen molar-refractivity contribution in [1.29, 1.82) is 0 Å². The van der Waals surface area contributed by atoms with Crippen LogP contribution in [0.3, 0.4) is 0 Å². The zero-order valence-electron chi connectivity index (χ0n) is 15.1. The summed E-state index contributed by atoms with van der Waals surface area (Å²) >= 11 is 5.92. The molecule has 1 aromatic carbocycles. The van der Waals surface area contributed by atoms with Crippen LogP contribution in [-0.2, 0) is 17.9 Å². The molecule has 1 N–H and O–H groups in total. The van der Waals surface area contributed by atoms with Gasteiger partial charge in [-0.3, -0.25) is 10.00 Å². The lowest BCUT2D eigenvalue weighted by molar-refractivity contribution is 0.0102. The number of aromatic nitrogens is 2. The quantitative estimate of drug-likeness (QED) is 0.587. The van der Waals surface area contributed by atoms with E-state index in [-0.39, 0.29) is 29.4 Å². The third-order valence-electron chi connectivity index (χ3n) is 3.85. The molecule has 0 unspecified atom stereocenters. The van der Waals surface area contributed by atoms with E-state index in [0.29, 0.717) is 24.9 Å². The van der Waals surface area contributed by atoms with Crippen molar-refractivity contribution in [2.24, 2.45) is 0 Å². The Morgan fingerprint density at radius 2 is 2.07 bits per heavy atom. The lowest BCUT2D eigenvalue weighted by Gasteiger charge is -2.10. The molecule has 2 rings (SSSR count). The number of anilines is 1. The number of ether oxygens (including phenoxy) is 1. The minimum Gasteiger partial charge on any atom is -0.444 e. The highest BCUT2D eigenvalue weighted by atomic mass is 35.5. The van der Waals surface area contributed by atoms with Crippen LogP contribution in [0.2, 0.25) is 5.02 Å². The fraction of sp³-hybridized carbons (Fsp3) is 0.444. The lowest BCUT2D eigenvalue weighted by Crippen LogP contribution is -2.15. The molecule has 0 fully saturated rings. The standard InChI is InChI=1S/C18H21ClF3N3O2/c1-12-5-6-14(19)13(16(12)20)11-27-17(26)23-15-7-10-25(24-15)9-4-3-8-18(2,21)22/h5-7,10H,3-4,8-9,11H2,1-2H3,(H,23,24,26). The second-order valence-corrected chi connectivity index (χ2v) is 6.76. The molecular weight excluding hydrogens is 383 g/mol. The third kappa shape index (κ3) is 6.78. The zero-order valence-corrected chi connectivity index (χ0v) is 15.8. The van der Waals surface area contributed by atoms with Crippen LogP contribution >= 0.6 is 11.6 Å². The van der Waals surface area contributed by atoms with E-state index in [0.717, 1.165) is 6.92 Å². The molecule has 0 saturated heterocycles. The molecule has 1 heterocycles. The van der Waals surface area contributed by atoms with Gasteiger partial charge in [-0.2, -0.15) is 5.10 Å².